The van der Waals surface area contributed by atoms with Gasteiger partial charge >= 0.3 is 0 Å². The van der Waals surface area contributed by atoms with Gasteiger partial charge in [-0.2, -0.15) is 0 Å². The van der Waals surface area contributed by atoms with E-state index in [1.165, 1.54) is 31.7 Å². The fourth-order valence-electron chi connectivity index (χ4n) is 4.05. The molecule has 0 aliphatic heterocycles. The van der Waals surface area contributed by atoms with Crippen molar-refractivity contribution in [1.29, 1.82) is 0 Å². The van der Waals surface area contributed by atoms with E-state index in [4.69, 9.17) is 0 Å². The summed E-state index contributed by atoms with van der Waals surface area (Å²) in [5.74, 6) is 2.64. The molecule has 0 saturated heterocycles. The molecule has 2 aliphatic carbocycles. The zero-order valence-corrected chi connectivity index (χ0v) is 11.5. The van der Waals surface area contributed by atoms with Gasteiger partial charge in [0, 0.05) is 18.2 Å². The van der Waals surface area contributed by atoms with Gasteiger partial charge in [-0.3, -0.25) is 0 Å². The van der Waals surface area contributed by atoms with E-state index < -0.39 is 0 Å². The van der Waals surface area contributed by atoms with E-state index in [-0.39, 0.29) is 11.5 Å². The van der Waals surface area contributed by atoms with Crippen molar-refractivity contribution in [3.8, 4) is 11.5 Å². The normalized spacial score (nSPS) is 30.7. The Bertz CT molecular complexity index is 460. The molecular formula is C16H23NO2. The molecule has 3 N–H and O–H groups in total. The molecule has 4 unspecified atom stereocenters. The molecule has 2 fully saturated rings. The van der Waals surface area contributed by atoms with Crippen LogP contribution in [0.3, 0.4) is 0 Å². The summed E-state index contributed by atoms with van der Waals surface area (Å²) in [5.41, 5.74) is 0.773. The summed E-state index contributed by atoms with van der Waals surface area (Å²) in [7, 11) is 0. The van der Waals surface area contributed by atoms with Gasteiger partial charge in [-0.15, -0.1) is 0 Å². The predicted octanol–water partition coefficient (Wildman–Crippen LogP) is 3.01. The number of para-hydroxylation sites is 1. The number of benzene rings is 1. The molecule has 0 radical (unpaired) electrons. The molecule has 2 aliphatic rings. The third kappa shape index (κ3) is 2.44. The topological polar surface area (TPSA) is 52.5 Å². The molecule has 0 aromatic heterocycles. The number of hydrogen-bond acceptors (Lipinski definition) is 3. The maximum atomic E-state index is 9.79. The van der Waals surface area contributed by atoms with Crippen LogP contribution in [0.4, 0.5) is 0 Å². The fraction of sp³-hybridized carbons (Fsp3) is 0.625. The minimum Gasteiger partial charge on any atom is -0.504 e. The maximum Gasteiger partial charge on any atom is 0.161 e. The second-order valence-electron chi connectivity index (χ2n) is 6.29. The van der Waals surface area contributed by atoms with Gasteiger partial charge in [-0.1, -0.05) is 18.6 Å². The van der Waals surface area contributed by atoms with Crippen LogP contribution in [0.15, 0.2) is 18.2 Å². The first-order valence-corrected chi connectivity index (χ1v) is 7.38. The lowest BCUT2D eigenvalue weighted by atomic mass is 9.84. The predicted molar refractivity (Wildman–Crippen MR) is 75.0 cm³/mol. The number of phenolic OH excluding ortho intramolecular Hbond substituents is 2. The zero-order chi connectivity index (χ0) is 13.4. The molecule has 1 aromatic carbocycles. The van der Waals surface area contributed by atoms with E-state index in [0.717, 1.165) is 23.3 Å². The van der Waals surface area contributed by atoms with Crippen LogP contribution < -0.4 is 5.32 Å². The molecule has 2 saturated carbocycles. The van der Waals surface area contributed by atoms with Crippen molar-refractivity contribution in [2.24, 2.45) is 17.8 Å². The van der Waals surface area contributed by atoms with Crippen LogP contribution in [0.25, 0.3) is 0 Å². The quantitative estimate of drug-likeness (QED) is 0.730. The highest BCUT2D eigenvalue weighted by atomic mass is 16.3. The van der Waals surface area contributed by atoms with Crippen LogP contribution >= 0.6 is 0 Å². The Kier molecular flexibility index (Phi) is 3.40. The molecule has 0 spiro atoms. The summed E-state index contributed by atoms with van der Waals surface area (Å²) in [6.45, 7) is 2.88. The number of fused-ring (bicyclic) bond motifs is 2. The second-order valence-corrected chi connectivity index (χ2v) is 6.29. The van der Waals surface area contributed by atoms with E-state index in [0.29, 0.717) is 12.6 Å². The van der Waals surface area contributed by atoms with Crippen LogP contribution in [-0.4, -0.2) is 16.3 Å². The highest BCUT2D eigenvalue weighted by Gasteiger charge is 2.41. The van der Waals surface area contributed by atoms with E-state index in [9.17, 15) is 10.2 Å². The van der Waals surface area contributed by atoms with Gasteiger partial charge in [0.15, 0.2) is 11.5 Å². The van der Waals surface area contributed by atoms with Crippen molar-refractivity contribution in [2.45, 2.75) is 45.2 Å². The molecule has 19 heavy (non-hydrogen) atoms. The summed E-state index contributed by atoms with van der Waals surface area (Å²) >= 11 is 0. The van der Waals surface area contributed by atoms with Gasteiger partial charge in [0.2, 0.25) is 0 Å². The lowest BCUT2D eigenvalue weighted by Crippen LogP contribution is -2.35. The van der Waals surface area contributed by atoms with Crippen molar-refractivity contribution in [1.82, 2.24) is 5.32 Å². The summed E-state index contributed by atoms with van der Waals surface area (Å²) in [6, 6.07) is 5.62. The van der Waals surface area contributed by atoms with Crippen molar-refractivity contribution >= 4 is 0 Å². The Hall–Kier alpha value is -1.22. The number of nitrogens with one attached hydrogen (secondary N) is 1. The van der Waals surface area contributed by atoms with Crippen molar-refractivity contribution in [2.75, 3.05) is 0 Å². The van der Waals surface area contributed by atoms with E-state index >= 15 is 0 Å². The first-order valence-electron chi connectivity index (χ1n) is 7.38. The zero-order valence-electron chi connectivity index (χ0n) is 11.5. The first kappa shape index (κ1) is 12.8. The maximum absolute atomic E-state index is 9.79. The van der Waals surface area contributed by atoms with Gasteiger partial charge in [-0.05, 0) is 50.0 Å². The van der Waals surface area contributed by atoms with E-state index in [1.807, 2.05) is 6.07 Å². The molecular weight excluding hydrogens is 238 g/mol. The third-order valence-electron chi connectivity index (χ3n) is 5.15. The SMILES string of the molecule is CC(NCc1cccc(O)c1O)C1CC2CCC1C2. The lowest BCUT2D eigenvalue weighted by Gasteiger charge is -2.28. The molecule has 3 nitrogen and oxygen atoms in total. The van der Waals surface area contributed by atoms with Gasteiger partial charge in [0.25, 0.3) is 0 Å². The average molecular weight is 261 g/mol. The van der Waals surface area contributed by atoms with Crippen LogP contribution in [-0.2, 0) is 6.54 Å². The molecule has 1 aromatic rings. The fourth-order valence-corrected chi connectivity index (χ4v) is 4.05. The van der Waals surface area contributed by atoms with Crippen LogP contribution in [0.2, 0.25) is 0 Å². The summed E-state index contributed by atoms with van der Waals surface area (Å²) in [4.78, 5) is 0. The van der Waals surface area contributed by atoms with Crippen molar-refractivity contribution in [3.05, 3.63) is 23.8 Å². The van der Waals surface area contributed by atoms with Crippen LogP contribution in [0.1, 0.15) is 38.2 Å². The van der Waals surface area contributed by atoms with Crippen molar-refractivity contribution < 1.29 is 10.2 Å². The second kappa shape index (κ2) is 5.04. The summed E-state index contributed by atoms with van der Waals surface area (Å²) in [5, 5.41) is 22.8. The molecule has 2 bridgehead atoms. The van der Waals surface area contributed by atoms with E-state index in [1.54, 1.807) is 6.07 Å². The Balaban J connectivity index is 1.58. The minimum absolute atomic E-state index is 0.00939. The Morgan fingerprint density at radius 2 is 2.11 bits per heavy atom. The lowest BCUT2D eigenvalue weighted by molar-refractivity contribution is 0.258. The van der Waals surface area contributed by atoms with Crippen LogP contribution in [0.5, 0.6) is 11.5 Å². The summed E-state index contributed by atoms with van der Waals surface area (Å²) in [6.07, 6.45) is 5.62. The molecule has 3 rings (SSSR count). The standard InChI is InChI=1S/C16H23NO2/c1-10(14-8-11-5-6-12(14)7-11)17-9-13-3-2-4-15(18)16(13)19/h2-4,10-12,14,17-19H,5-9H2,1H3. The van der Waals surface area contributed by atoms with Gasteiger partial charge in [0.05, 0.1) is 0 Å². The van der Waals surface area contributed by atoms with Gasteiger partial charge in [-0.25, -0.2) is 0 Å². The van der Waals surface area contributed by atoms with Gasteiger partial charge < -0.3 is 15.5 Å². The van der Waals surface area contributed by atoms with Gasteiger partial charge in [0.1, 0.15) is 0 Å². The van der Waals surface area contributed by atoms with E-state index in [2.05, 4.69) is 12.2 Å². The molecule has 0 heterocycles. The van der Waals surface area contributed by atoms with Crippen molar-refractivity contribution in [3.63, 3.8) is 0 Å². The summed E-state index contributed by atoms with van der Waals surface area (Å²) < 4.78 is 0. The monoisotopic (exact) mass is 261 g/mol. The Morgan fingerprint density at radius 3 is 2.79 bits per heavy atom. The average Bonchev–Trinajstić information content (AvgIpc) is 3.02. The number of aromatic hydroxyl groups is 2. The third-order valence-corrected chi connectivity index (χ3v) is 5.15. The minimum atomic E-state index is -0.0353. The number of rotatable bonds is 4. The highest BCUT2D eigenvalue weighted by Crippen LogP contribution is 2.49. The molecule has 4 atom stereocenters. The smallest absolute Gasteiger partial charge is 0.161 e. The Morgan fingerprint density at radius 1 is 1.26 bits per heavy atom. The Labute approximate surface area is 114 Å². The molecule has 3 heteroatoms. The number of phenols is 2. The van der Waals surface area contributed by atoms with Crippen LogP contribution in [0, 0.1) is 17.8 Å². The molecule has 0 amide bonds. The highest BCUT2D eigenvalue weighted by molar-refractivity contribution is 5.44. The molecule has 104 valence electrons. The number of hydrogen-bond donors (Lipinski definition) is 3. The largest absolute Gasteiger partial charge is 0.504 e. The first-order chi connectivity index (χ1) is 9.15.